The Morgan fingerprint density at radius 3 is 2.62 bits per heavy atom. The monoisotopic (exact) mass is 466 g/mol. The van der Waals surface area contributed by atoms with Crippen molar-refractivity contribution in [2.24, 2.45) is 5.92 Å². The molecule has 2 aromatic heterocycles. The fraction of sp³-hybridized carbons (Fsp3) is 0.480. The molecule has 0 atom stereocenters. The highest BCUT2D eigenvalue weighted by Crippen LogP contribution is 2.49. The van der Waals surface area contributed by atoms with Crippen molar-refractivity contribution < 1.29 is 24.6 Å². The van der Waals surface area contributed by atoms with E-state index in [4.69, 9.17) is 9.84 Å². The largest absolute Gasteiger partial charge is 0.445 e. The summed E-state index contributed by atoms with van der Waals surface area (Å²) >= 11 is 0. The fourth-order valence-corrected chi connectivity index (χ4v) is 5.13. The first kappa shape index (κ1) is 22.5. The molecule has 2 fully saturated rings. The maximum atomic E-state index is 13.0. The summed E-state index contributed by atoms with van der Waals surface area (Å²) in [5, 5.41) is 29.9. The standard InChI is InChI=1S/C25H31N5O4/c1-28(2)22-14-19-16(13-20(22)26-24(31)21-5-4-6-23(34-3)30(21)33)15-29(27-19)18-9-11-25(32,12-10-18)17-7-8-17/h4-6,13-15,17-18,32H,7-12H2,1-3H3,(H-,26,31,33)/p+1. The van der Waals surface area contributed by atoms with Gasteiger partial charge in [-0.05, 0) is 62.6 Å². The number of benzene rings is 1. The summed E-state index contributed by atoms with van der Waals surface area (Å²) < 4.78 is 7.84. The molecule has 2 aliphatic carbocycles. The quantitative estimate of drug-likeness (QED) is 0.381. The molecule has 9 heteroatoms. The van der Waals surface area contributed by atoms with E-state index in [-0.39, 0.29) is 17.6 Å². The van der Waals surface area contributed by atoms with Crippen LogP contribution in [0.5, 0.6) is 5.88 Å². The third-order valence-corrected chi connectivity index (χ3v) is 7.27. The van der Waals surface area contributed by atoms with Crippen LogP contribution in [0, 0.1) is 5.92 Å². The first-order valence-electron chi connectivity index (χ1n) is 11.8. The molecular weight excluding hydrogens is 434 g/mol. The molecule has 2 saturated carbocycles. The van der Waals surface area contributed by atoms with Crippen molar-refractivity contribution in [1.29, 1.82) is 0 Å². The lowest BCUT2D eigenvalue weighted by Crippen LogP contribution is -2.40. The van der Waals surface area contributed by atoms with Crippen molar-refractivity contribution in [3.63, 3.8) is 0 Å². The van der Waals surface area contributed by atoms with Crippen LogP contribution in [0.15, 0.2) is 36.5 Å². The van der Waals surface area contributed by atoms with Gasteiger partial charge in [0.25, 0.3) is 0 Å². The Hall–Kier alpha value is -3.33. The average Bonchev–Trinajstić information content (AvgIpc) is 3.60. The highest BCUT2D eigenvalue weighted by molar-refractivity contribution is 6.05. The number of hydrogen-bond acceptors (Lipinski definition) is 6. The Morgan fingerprint density at radius 2 is 1.97 bits per heavy atom. The van der Waals surface area contributed by atoms with E-state index in [1.54, 1.807) is 12.1 Å². The number of aliphatic hydroxyl groups is 1. The summed E-state index contributed by atoms with van der Waals surface area (Å²) in [7, 11) is 5.25. The Balaban J connectivity index is 1.41. The molecule has 1 aromatic carbocycles. The number of hydrogen-bond donors (Lipinski definition) is 3. The molecule has 9 nitrogen and oxygen atoms in total. The van der Waals surface area contributed by atoms with Gasteiger partial charge >= 0.3 is 17.5 Å². The molecule has 0 radical (unpaired) electrons. The molecular formula is C25H32N5O4+. The number of anilines is 2. The van der Waals surface area contributed by atoms with Crippen molar-refractivity contribution in [3.05, 3.63) is 42.2 Å². The van der Waals surface area contributed by atoms with E-state index in [2.05, 4.69) is 5.32 Å². The number of carbonyl (C=O) groups is 1. The lowest BCUT2D eigenvalue weighted by molar-refractivity contribution is -0.907. The number of nitrogens with zero attached hydrogens (tertiary/aromatic N) is 4. The summed E-state index contributed by atoms with van der Waals surface area (Å²) in [4.78, 5) is 14.9. The summed E-state index contributed by atoms with van der Waals surface area (Å²) in [6, 6.07) is 8.88. The van der Waals surface area contributed by atoms with E-state index in [1.807, 2.05) is 42.0 Å². The van der Waals surface area contributed by atoms with Gasteiger partial charge in [0.15, 0.2) is 0 Å². The minimum Gasteiger partial charge on any atom is -0.445 e. The minimum atomic E-state index is -0.484. The highest BCUT2D eigenvalue weighted by atomic mass is 16.5. The summed E-state index contributed by atoms with van der Waals surface area (Å²) in [6.07, 6.45) is 7.81. The van der Waals surface area contributed by atoms with Crippen LogP contribution >= 0.6 is 0 Å². The van der Waals surface area contributed by atoms with Gasteiger partial charge in [-0.25, -0.2) is 0 Å². The number of carbonyl (C=O) groups excluding carboxylic acids is 1. The lowest BCUT2D eigenvalue weighted by atomic mass is 9.79. The zero-order chi connectivity index (χ0) is 24.0. The maximum absolute atomic E-state index is 13.0. The van der Waals surface area contributed by atoms with Crippen molar-refractivity contribution in [1.82, 2.24) is 9.78 Å². The topological polar surface area (TPSA) is 104 Å². The normalized spacial score (nSPS) is 22.5. The summed E-state index contributed by atoms with van der Waals surface area (Å²) in [6.45, 7) is 0. The maximum Gasteiger partial charge on any atom is 0.417 e. The van der Waals surface area contributed by atoms with Crippen LogP contribution in [-0.2, 0) is 0 Å². The number of rotatable bonds is 6. The van der Waals surface area contributed by atoms with Gasteiger partial charge in [-0.15, -0.1) is 0 Å². The van der Waals surface area contributed by atoms with E-state index in [0.29, 0.717) is 11.6 Å². The second-order valence-corrected chi connectivity index (χ2v) is 9.76. The predicted molar refractivity (Wildman–Crippen MR) is 128 cm³/mol. The van der Waals surface area contributed by atoms with Gasteiger partial charge in [0.2, 0.25) is 0 Å². The number of pyridine rings is 1. The van der Waals surface area contributed by atoms with Crippen LogP contribution in [0.3, 0.4) is 0 Å². The van der Waals surface area contributed by atoms with E-state index in [1.165, 1.54) is 13.2 Å². The third-order valence-electron chi connectivity index (χ3n) is 7.27. The number of aromatic nitrogens is 3. The zero-order valence-electron chi connectivity index (χ0n) is 19.9. The number of fused-ring (bicyclic) bond motifs is 1. The van der Waals surface area contributed by atoms with Crippen LogP contribution in [-0.4, -0.2) is 52.8 Å². The highest BCUT2D eigenvalue weighted by Gasteiger charge is 2.45. The van der Waals surface area contributed by atoms with Crippen molar-refractivity contribution in [2.45, 2.75) is 50.2 Å². The van der Waals surface area contributed by atoms with E-state index < -0.39 is 11.5 Å². The second kappa shape index (κ2) is 8.47. The third kappa shape index (κ3) is 4.04. The Bertz CT molecular complexity index is 1230. The van der Waals surface area contributed by atoms with Gasteiger partial charge < -0.3 is 20.1 Å². The molecule has 0 spiro atoms. The molecule has 0 bridgehead atoms. The second-order valence-electron chi connectivity index (χ2n) is 9.76. The van der Waals surface area contributed by atoms with Gasteiger partial charge in [-0.1, -0.05) is 0 Å². The van der Waals surface area contributed by atoms with Crippen molar-refractivity contribution in [2.75, 3.05) is 31.4 Å². The van der Waals surface area contributed by atoms with Gasteiger partial charge in [0.1, 0.15) is 0 Å². The number of amides is 1. The van der Waals surface area contributed by atoms with E-state index in [9.17, 15) is 15.1 Å². The number of nitrogens with one attached hydrogen (secondary N) is 1. The molecule has 2 heterocycles. The molecule has 3 N–H and O–H groups in total. The molecule has 0 saturated heterocycles. The molecule has 3 aromatic rings. The summed E-state index contributed by atoms with van der Waals surface area (Å²) in [5.74, 6) is 0.197. The van der Waals surface area contributed by atoms with Gasteiger partial charge in [-0.3, -0.25) is 14.7 Å². The first-order valence-corrected chi connectivity index (χ1v) is 11.8. The minimum absolute atomic E-state index is 0.0604. The molecule has 180 valence electrons. The SMILES string of the molecule is COc1cccc(C(=O)Nc2cc3cn(C4CCC(O)(C5CC5)CC4)nc3cc2N(C)C)[n+]1O. The molecule has 2 aliphatic rings. The van der Waals surface area contributed by atoms with Crippen LogP contribution in [0.2, 0.25) is 0 Å². The predicted octanol–water partition coefficient (Wildman–Crippen LogP) is 3.14. The summed E-state index contributed by atoms with van der Waals surface area (Å²) in [5.41, 5.74) is 1.86. The molecule has 0 unspecified atom stereocenters. The van der Waals surface area contributed by atoms with E-state index >= 15 is 0 Å². The first-order chi connectivity index (χ1) is 16.3. The van der Waals surface area contributed by atoms with Crippen molar-refractivity contribution in [3.8, 4) is 5.88 Å². The Labute approximate surface area is 198 Å². The zero-order valence-corrected chi connectivity index (χ0v) is 19.9. The van der Waals surface area contributed by atoms with Gasteiger partial charge in [0.05, 0.1) is 46.4 Å². The van der Waals surface area contributed by atoms with Gasteiger partial charge in [0, 0.05) is 31.7 Å². The fourth-order valence-electron chi connectivity index (χ4n) is 5.13. The molecule has 1 amide bonds. The molecule has 5 rings (SSSR count). The van der Waals surface area contributed by atoms with Crippen molar-refractivity contribution >= 4 is 28.2 Å². The van der Waals surface area contributed by atoms with Gasteiger partial charge in [-0.2, -0.15) is 5.10 Å². The Morgan fingerprint density at radius 1 is 1.24 bits per heavy atom. The van der Waals surface area contributed by atoms with Crippen LogP contribution in [0.4, 0.5) is 11.4 Å². The smallest absolute Gasteiger partial charge is 0.417 e. The number of methoxy groups -OCH3 is 1. The molecule has 34 heavy (non-hydrogen) atoms. The van der Waals surface area contributed by atoms with Crippen LogP contribution < -0.4 is 19.7 Å². The number of ether oxygens (including phenoxy) is 1. The molecule has 0 aliphatic heterocycles. The van der Waals surface area contributed by atoms with Crippen LogP contribution in [0.25, 0.3) is 10.9 Å². The van der Waals surface area contributed by atoms with E-state index in [0.717, 1.165) is 59.8 Å². The van der Waals surface area contributed by atoms with Crippen LogP contribution in [0.1, 0.15) is 55.1 Å². The Kier molecular flexibility index (Phi) is 5.59. The lowest BCUT2D eigenvalue weighted by Gasteiger charge is -2.36. The average molecular weight is 467 g/mol.